The molecule has 0 amide bonds. The molecule has 84 valence electrons. The van der Waals surface area contributed by atoms with Crippen LogP contribution in [0.1, 0.15) is 19.8 Å². The summed E-state index contributed by atoms with van der Waals surface area (Å²) < 4.78 is 4.97. The highest BCUT2D eigenvalue weighted by Gasteiger charge is 2.36. The van der Waals surface area contributed by atoms with Crippen LogP contribution in [0.5, 0.6) is 0 Å². The molecule has 1 aliphatic heterocycles. The minimum absolute atomic E-state index is 0.158. The van der Waals surface area contributed by atoms with Gasteiger partial charge in [0.15, 0.2) is 0 Å². The van der Waals surface area contributed by atoms with Gasteiger partial charge in [-0.25, -0.2) is 4.79 Å². The molecule has 1 aliphatic carbocycles. The Hall–Kier alpha value is -0.830. The van der Waals surface area contributed by atoms with E-state index in [0.29, 0.717) is 18.4 Å². The van der Waals surface area contributed by atoms with Crippen molar-refractivity contribution < 1.29 is 9.53 Å². The summed E-state index contributed by atoms with van der Waals surface area (Å²) in [6.45, 7) is 4.51. The Morgan fingerprint density at radius 2 is 2.07 bits per heavy atom. The summed E-state index contributed by atoms with van der Waals surface area (Å²) in [5, 5.41) is 0. The second-order valence-corrected chi connectivity index (χ2v) is 4.59. The van der Waals surface area contributed by atoms with Crippen LogP contribution >= 0.6 is 0 Å². The predicted octanol–water partition coefficient (Wildman–Crippen LogP) is 1.45. The summed E-state index contributed by atoms with van der Waals surface area (Å²) in [6, 6.07) is 0. The molecule has 2 fully saturated rings. The lowest BCUT2D eigenvalue weighted by Crippen LogP contribution is -2.35. The van der Waals surface area contributed by atoms with Crippen LogP contribution in [0.2, 0.25) is 0 Å². The Morgan fingerprint density at radius 3 is 2.60 bits per heavy atom. The van der Waals surface area contributed by atoms with Crippen LogP contribution in [0.15, 0.2) is 11.6 Å². The highest BCUT2D eigenvalue weighted by atomic mass is 16.5. The van der Waals surface area contributed by atoms with E-state index in [4.69, 9.17) is 4.74 Å². The van der Waals surface area contributed by atoms with E-state index in [1.165, 1.54) is 18.4 Å². The number of likely N-dealkylation sites (tertiary alicyclic amines) is 1. The second kappa shape index (κ2) is 4.35. The van der Waals surface area contributed by atoms with Gasteiger partial charge in [-0.05, 0) is 38.6 Å². The van der Waals surface area contributed by atoms with Gasteiger partial charge in [-0.1, -0.05) is 5.57 Å². The monoisotopic (exact) mass is 209 g/mol. The summed E-state index contributed by atoms with van der Waals surface area (Å²) >= 11 is 0. The quantitative estimate of drug-likeness (QED) is 0.509. The number of esters is 1. The predicted molar refractivity (Wildman–Crippen MR) is 58.4 cm³/mol. The van der Waals surface area contributed by atoms with Crippen molar-refractivity contribution >= 4 is 5.97 Å². The van der Waals surface area contributed by atoms with Gasteiger partial charge in [0.2, 0.25) is 0 Å². The summed E-state index contributed by atoms with van der Waals surface area (Å²) in [5.74, 6) is 1.03. The second-order valence-electron chi connectivity index (χ2n) is 4.59. The molecule has 0 aromatic rings. The van der Waals surface area contributed by atoms with Gasteiger partial charge in [0, 0.05) is 19.2 Å². The number of nitrogens with zero attached hydrogens (tertiary/aromatic N) is 1. The van der Waals surface area contributed by atoms with Gasteiger partial charge in [-0.2, -0.15) is 0 Å². The van der Waals surface area contributed by atoms with E-state index in [1.807, 2.05) is 6.92 Å². The highest BCUT2D eigenvalue weighted by Crippen LogP contribution is 2.40. The van der Waals surface area contributed by atoms with Gasteiger partial charge in [-0.3, -0.25) is 0 Å². The molecule has 2 aliphatic rings. The maximum absolute atomic E-state index is 11.4. The number of hydrogen-bond acceptors (Lipinski definition) is 3. The zero-order chi connectivity index (χ0) is 10.8. The highest BCUT2D eigenvalue weighted by molar-refractivity contribution is 5.83. The van der Waals surface area contributed by atoms with Gasteiger partial charge < -0.3 is 9.64 Å². The van der Waals surface area contributed by atoms with Crippen LogP contribution in [0.4, 0.5) is 0 Å². The SMILES string of the molecule is CCOC(=O)C=C1[C@@H]2CC[C@H]1CN(C)C2. The van der Waals surface area contributed by atoms with Crippen molar-refractivity contribution in [3.8, 4) is 0 Å². The number of fused-ring (bicyclic) bond motifs is 2. The van der Waals surface area contributed by atoms with Crippen molar-refractivity contribution in [1.29, 1.82) is 0 Å². The van der Waals surface area contributed by atoms with E-state index in [-0.39, 0.29) is 5.97 Å². The van der Waals surface area contributed by atoms with E-state index in [1.54, 1.807) is 6.08 Å². The summed E-state index contributed by atoms with van der Waals surface area (Å²) in [4.78, 5) is 13.8. The van der Waals surface area contributed by atoms with Crippen molar-refractivity contribution in [1.82, 2.24) is 4.90 Å². The zero-order valence-corrected chi connectivity index (χ0v) is 9.53. The largest absolute Gasteiger partial charge is 0.463 e. The molecule has 0 aromatic heterocycles. The van der Waals surface area contributed by atoms with E-state index in [9.17, 15) is 4.79 Å². The van der Waals surface area contributed by atoms with E-state index in [0.717, 1.165) is 13.1 Å². The molecule has 2 bridgehead atoms. The van der Waals surface area contributed by atoms with Gasteiger partial charge in [0.1, 0.15) is 0 Å². The standard InChI is InChI=1S/C12H19NO2/c1-3-15-12(14)6-11-9-4-5-10(11)8-13(2)7-9/h6,9-10H,3-5,7-8H2,1-2H3/t9-,10+. The van der Waals surface area contributed by atoms with E-state index >= 15 is 0 Å². The van der Waals surface area contributed by atoms with Crippen molar-refractivity contribution in [2.24, 2.45) is 11.8 Å². The van der Waals surface area contributed by atoms with Crippen LogP contribution in [0, 0.1) is 11.8 Å². The summed E-state index contributed by atoms with van der Waals surface area (Å²) in [5.41, 5.74) is 1.34. The fraction of sp³-hybridized carbons (Fsp3) is 0.750. The third-order valence-electron chi connectivity index (χ3n) is 3.44. The normalized spacial score (nSPS) is 33.3. The molecule has 0 radical (unpaired) electrons. The topological polar surface area (TPSA) is 29.5 Å². The Morgan fingerprint density at radius 1 is 1.47 bits per heavy atom. The van der Waals surface area contributed by atoms with E-state index < -0.39 is 0 Å². The molecule has 0 N–H and O–H groups in total. The minimum atomic E-state index is -0.158. The molecule has 2 atom stereocenters. The first-order chi connectivity index (χ1) is 7.20. The third kappa shape index (κ3) is 2.23. The number of rotatable bonds is 2. The lowest BCUT2D eigenvalue weighted by molar-refractivity contribution is -0.137. The van der Waals surface area contributed by atoms with Crippen molar-refractivity contribution in [2.45, 2.75) is 19.8 Å². The lowest BCUT2D eigenvalue weighted by atomic mass is 9.92. The van der Waals surface area contributed by atoms with Crippen LogP contribution in [0.3, 0.4) is 0 Å². The smallest absolute Gasteiger partial charge is 0.330 e. The Kier molecular flexibility index (Phi) is 3.10. The summed E-state index contributed by atoms with van der Waals surface area (Å²) in [6.07, 6.45) is 4.22. The van der Waals surface area contributed by atoms with Crippen LogP contribution in [-0.2, 0) is 9.53 Å². The first kappa shape index (κ1) is 10.7. The molecule has 2 rings (SSSR count). The molecule has 15 heavy (non-hydrogen) atoms. The fourth-order valence-corrected chi connectivity index (χ4v) is 2.85. The molecular formula is C12H19NO2. The first-order valence-electron chi connectivity index (χ1n) is 5.77. The van der Waals surface area contributed by atoms with Crippen LogP contribution < -0.4 is 0 Å². The molecular weight excluding hydrogens is 190 g/mol. The van der Waals surface area contributed by atoms with Crippen LogP contribution in [-0.4, -0.2) is 37.6 Å². The van der Waals surface area contributed by atoms with Crippen LogP contribution in [0.25, 0.3) is 0 Å². The zero-order valence-electron chi connectivity index (χ0n) is 9.53. The van der Waals surface area contributed by atoms with Gasteiger partial charge in [0.05, 0.1) is 6.61 Å². The maximum atomic E-state index is 11.4. The molecule has 1 saturated heterocycles. The Bertz CT molecular complexity index is 269. The maximum Gasteiger partial charge on any atom is 0.330 e. The average Bonchev–Trinajstić information content (AvgIpc) is 2.44. The number of carbonyl (C=O) groups is 1. The Labute approximate surface area is 91.1 Å². The molecule has 0 unspecified atom stereocenters. The number of piperidine rings is 1. The third-order valence-corrected chi connectivity index (χ3v) is 3.44. The molecule has 0 spiro atoms. The number of carbonyl (C=O) groups excluding carboxylic acids is 1. The van der Waals surface area contributed by atoms with E-state index in [2.05, 4.69) is 11.9 Å². The number of hydrogen-bond donors (Lipinski definition) is 0. The molecule has 1 heterocycles. The van der Waals surface area contributed by atoms with Gasteiger partial charge in [0.25, 0.3) is 0 Å². The average molecular weight is 209 g/mol. The lowest BCUT2D eigenvalue weighted by Gasteiger charge is -2.30. The Balaban J connectivity index is 2.07. The minimum Gasteiger partial charge on any atom is -0.463 e. The molecule has 1 saturated carbocycles. The van der Waals surface area contributed by atoms with Gasteiger partial charge >= 0.3 is 5.97 Å². The molecule has 3 heteroatoms. The van der Waals surface area contributed by atoms with Crippen molar-refractivity contribution in [3.63, 3.8) is 0 Å². The fourth-order valence-electron chi connectivity index (χ4n) is 2.85. The van der Waals surface area contributed by atoms with Gasteiger partial charge in [-0.15, -0.1) is 0 Å². The van der Waals surface area contributed by atoms with Crippen molar-refractivity contribution in [2.75, 3.05) is 26.7 Å². The van der Waals surface area contributed by atoms with Crippen molar-refractivity contribution in [3.05, 3.63) is 11.6 Å². The molecule has 3 nitrogen and oxygen atoms in total. The first-order valence-corrected chi connectivity index (χ1v) is 5.77. The number of ether oxygens (including phenoxy) is 1. The molecule has 0 aromatic carbocycles. The summed E-state index contributed by atoms with van der Waals surface area (Å²) in [7, 11) is 2.16.